The first-order valence-corrected chi connectivity index (χ1v) is 7.52. The van der Waals surface area contributed by atoms with Crippen LogP contribution < -0.4 is 14.2 Å². The topological polar surface area (TPSA) is 91.4 Å². The van der Waals surface area contributed by atoms with Crippen molar-refractivity contribution in [3.05, 3.63) is 53.1 Å². The number of hydrogen-bond donors (Lipinski definition) is 0. The van der Waals surface area contributed by atoms with Crippen molar-refractivity contribution in [3.8, 4) is 17.2 Å². The summed E-state index contributed by atoms with van der Waals surface area (Å²) in [5.74, 6) is -1.61. The molecule has 0 saturated heterocycles. The van der Waals surface area contributed by atoms with Gasteiger partial charge in [0, 0.05) is 12.1 Å². The van der Waals surface area contributed by atoms with Crippen molar-refractivity contribution in [1.29, 1.82) is 0 Å². The van der Waals surface area contributed by atoms with E-state index in [-0.39, 0.29) is 28.2 Å². The van der Waals surface area contributed by atoms with Crippen molar-refractivity contribution < 1.29 is 33.4 Å². The summed E-state index contributed by atoms with van der Waals surface area (Å²) in [4.78, 5) is 42.2. The number of imide groups is 1. The van der Waals surface area contributed by atoms with Gasteiger partial charge in [0.25, 0.3) is 11.8 Å². The second-order valence-electron chi connectivity index (χ2n) is 5.24. The lowest BCUT2D eigenvalue weighted by molar-refractivity contribution is -0.0586. The Labute approximate surface area is 148 Å². The minimum atomic E-state index is -0.947. The molecule has 0 aliphatic carbocycles. The maximum atomic E-state index is 12.5. The number of benzene rings is 2. The standard InChI is InChI=1S/C18H15NO7/c1-23-13-9-15(25-3)14(24-2)8-12(13)18(22)26-19-16(20)10-6-4-5-7-11(10)17(19)21/h4-9H,1-3H3. The van der Waals surface area contributed by atoms with E-state index in [0.717, 1.165) is 0 Å². The summed E-state index contributed by atoms with van der Waals surface area (Å²) in [5, 5.41) is 0.434. The average Bonchev–Trinajstić information content (AvgIpc) is 2.91. The van der Waals surface area contributed by atoms with Gasteiger partial charge in [0.05, 0.1) is 32.5 Å². The Morgan fingerprint density at radius 3 is 1.81 bits per heavy atom. The lowest BCUT2D eigenvalue weighted by atomic mass is 10.1. The Morgan fingerprint density at radius 2 is 1.31 bits per heavy atom. The predicted molar refractivity (Wildman–Crippen MR) is 88.5 cm³/mol. The molecule has 2 aromatic rings. The summed E-state index contributed by atoms with van der Waals surface area (Å²) in [6, 6.07) is 9.00. The molecule has 0 fully saturated rings. The number of nitrogens with zero attached hydrogens (tertiary/aromatic N) is 1. The monoisotopic (exact) mass is 357 g/mol. The molecule has 0 N–H and O–H groups in total. The van der Waals surface area contributed by atoms with Crippen LogP contribution in [0.15, 0.2) is 36.4 Å². The van der Waals surface area contributed by atoms with E-state index in [9.17, 15) is 14.4 Å². The molecule has 3 rings (SSSR count). The summed E-state index contributed by atoms with van der Waals surface area (Å²) >= 11 is 0. The number of amides is 2. The normalized spacial score (nSPS) is 12.7. The van der Waals surface area contributed by atoms with Crippen LogP contribution in [0.25, 0.3) is 0 Å². The fourth-order valence-corrected chi connectivity index (χ4v) is 2.57. The number of hydrogen-bond acceptors (Lipinski definition) is 7. The van der Waals surface area contributed by atoms with Gasteiger partial charge >= 0.3 is 5.97 Å². The fourth-order valence-electron chi connectivity index (χ4n) is 2.57. The molecule has 0 unspecified atom stereocenters. The molecule has 0 aromatic heterocycles. The molecule has 0 bridgehead atoms. The van der Waals surface area contributed by atoms with Crippen molar-refractivity contribution in [2.24, 2.45) is 0 Å². The number of ether oxygens (including phenoxy) is 3. The van der Waals surface area contributed by atoms with Gasteiger partial charge in [-0.3, -0.25) is 9.59 Å². The summed E-state index contributed by atoms with van der Waals surface area (Å²) in [7, 11) is 4.21. The molecular formula is C18H15NO7. The Kier molecular flexibility index (Phi) is 4.49. The number of hydroxylamine groups is 2. The summed E-state index contributed by atoms with van der Waals surface area (Å²) in [5.41, 5.74) is 0.316. The van der Waals surface area contributed by atoms with E-state index in [0.29, 0.717) is 10.8 Å². The molecule has 26 heavy (non-hydrogen) atoms. The van der Waals surface area contributed by atoms with E-state index in [1.54, 1.807) is 12.1 Å². The van der Waals surface area contributed by atoms with E-state index in [1.165, 1.54) is 45.6 Å². The highest BCUT2D eigenvalue weighted by molar-refractivity contribution is 6.21. The van der Waals surface area contributed by atoms with E-state index in [1.807, 2.05) is 0 Å². The van der Waals surface area contributed by atoms with Crippen molar-refractivity contribution in [2.45, 2.75) is 0 Å². The van der Waals surface area contributed by atoms with Gasteiger partial charge in [0.15, 0.2) is 11.5 Å². The maximum absolute atomic E-state index is 12.5. The molecule has 0 radical (unpaired) electrons. The molecule has 0 saturated carbocycles. The summed E-state index contributed by atoms with van der Waals surface area (Å²) in [6.45, 7) is 0. The largest absolute Gasteiger partial charge is 0.496 e. The van der Waals surface area contributed by atoms with Crippen LogP contribution >= 0.6 is 0 Å². The van der Waals surface area contributed by atoms with Crippen LogP contribution in [-0.4, -0.2) is 44.2 Å². The maximum Gasteiger partial charge on any atom is 0.367 e. The number of carbonyl (C=O) groups excluding carboxylic acids is 3. The average molecular weight is 357 g/mol. The molecule has 8 heteroatoms. The summed E-state index contributed by atoms with van der Waals surface area (Å²) < 4.78 is 15.5. The molecule has 2 aromatic carbocycles. The molecular weight excluding hydrogens is 342 g/mol. The van der Waals surface area contributed by atoms with Gasteiger partial charge in [-0.25, -0.2) is 4.79 Å². The van der Waals surface area contributed by atoms with Crippen molar-refractivity contribution in [1.82, 2.24) is 5.06 Å². The third-order valence-electron chi connectivity index (χ3n) is 3.86. The van der Waals surface area contributed by atoms with E-state index in [4.69, 9.17) is 19.0 Å². The van der Waals surface area contributed by atoms with Gasteiger partial charge in [0.2, 0.25) is 0 Å². The van der Waals surface area contributed by atoms with Crippen LogP contribution in [-0.2, 0) is 4.84 Å². The third-order valence-corrected chi connectivity index (χ3v) is 3.86. The SMILES string of the molecule is COc1cc(OC)c(C(=O)ON2C(=O)c3ccccc3C2=O)cc1OC. The van der Waals surface area contributed by atoms with Gasteiger partial charge in [-0.2, -0.15) is 0 Å². The minimum Gasteiger partial charge on any atom is -0.496 e. The Morgan fingerprint density at radius 1 is 0.808 bits per heavy atom. The zero-order chi connectivity index (χ0) is 18.8. The Hall–Kier alpha value is -3.55. The van der Waals surface area contributed by atoms with Gasteiger partial charge in [0.1, 0.15) is 11.3 Å². The number of carbonyl (C=O) groups is 3. The smallest absolute Gasteiger partial charge is 0.367 e. The predicted octanol–water partition coefficient (Wildman–Crippen LogP) is 2.08. The highest BCUT2D eigenvalue weighted by Crippen LogP contribution is 2.35. The molecule has 134 valence electrons. The molecule has 1 heterocycles. The van der Waals surface area contributed by atoms with Gasteiger partial charge in [-0.15, -0.1) is 0 Å². The van der Waals surface area contributed by atoms with Crippen LogP contribution in [0.5, 0.6) is 17.2 Å². The molecule has 0 spiro atoms. The molecule has 8 nitrogen and oxygen atoms in total. The first-order valence-electron chi connectivity index (χ1n) is 7.52. The van der Waals surface area contributed by atoms with Gasteiger partial charge < -0.3 is 19.0 Å². The van der Waals surface area contributed by atoms with Crippen LogP contribution in [0.1, 0.15) is 31.1 Å². The van der Waals surface area contributed by atoms with E-state index < -0.39 is 17.8 Å². The lowest BCUT2D eigenvalue weighted by Crippen LogP contribution is -2.32. The quantitative estimate of drug-likeness (QED) is 0.757. The van der Waals surface area contributed by atoms with E-state index >= 15 is 0 Å². The van der Waals surface area contributed by atoms with Crippen LogP contribution in [0.3, 0.4) is 0 Å². The number of fused-ring (bicyclic) bond motifs is 1. The molecule has 1 aliphatic rings. The molecule has 2 amide bonds. The van der Waals surface area contributed by atoms with Gasteiger partial charge in [-0.05, 0) is 12.1 Å². The number of methoxy groups -OCH3 is 3. The van der Waals surface area contributed by atoms with Crippen molar-refractivity contribution in [3.63, 3.8) is 0 Å². The highest BCUT2D eigenvalue weighted by atomic mass is 16.7. The lowest BCUT2D eigenvalue weighted by Gasteiger charge is -2.16. The van der Waals surface area contributed by atoms with Gasteiger partial charge in [-0.1, -0.05) is 17.2 Å². The Balaban J connectivity index is 1.92. The third kappa shape index (κ3) is 2.71. The second-order valence-corrected chi connectivity index (χ2v) is 5.24. The first kappa shape index (κ1) is 17.3. The fraction of sp³-hybridized carbons (Fsp3) is 0.167. The van der Waals surface area contributed by atoms with Crippen LogP contribution in [0.4, 0.5) is 0 Å². The van der Waals surface area contributed by atoms with E-state index in [2.05, 4.69) is 0 Å². The zero-order valence-corrected chi connectivity index (χ0v) is 14.3. The molecule has 1 aliphatic heterocycles. The zero-order valence-electron chi connectivity index (χ0n) is 14.3. The minimum absolute atomic E-state index is 0.0262. The first-order chi connectivity index (χ1) is 12.5. The Bertz CT molecular complexity index is 871. The van der Waals surface area contributed by atoms with Crippen LogP contribution in [0.2, 0.25) is 0 Å². The van der Waals surface area contributed by atoms with Crippen molar-refractivity contribution >= 4 is 17.8 Å². The summed E-state index contributed by atoms with van der Waals surface area (Å²) in [6.07, 6.45) is 0. The van der Waals surface area contributed by atoms with Crippen LogP contribution in [0, 0.1) is 0 Å². The van der Waals surface area contributed by atoms with Crippen molar-refractivity contribution in [2.75, 3.05) is 21.3 Å². The molecule has 0 atom stereocenters. The highest BCUT2D eigenvalue weighted by Gasteiger charge is 2.39. The second kappa shape index (κ2) is 6.75. The number of rotatable bonds is 5.